The maximum atomic E-state index is 5.34. The first-order chi connectivity index (χ1) is 10.7. The number of rotatable bonds is 5. The number of benzene rings is 1. The number of aryl methyl sites for hydroxylation is 1. The fourth-order valence-electron chi connectivity index (χ4n) is 2.63. The number of hydrogen-bond acceptors (Lipinski definition) is 2. The molecule has 0 amide bonds. The van der Waals surface area contributed by atoms with Gasteiger partial charge < -0.3 is 15.0 Å². The average Bonchev–Trinajstić information content (AvgIpc) is 2.54. The SMILES string of the molecule is CN=C(NCCC1=CCOCC1)N(C)Cc1ccccc1C. The highest BCUT2D eigenvalue weighted by atomic mass is 16.5. The van der Waals surface area contributed by atoms with Crippen LogP contribution in [-0.2, 0) is 11.3 Å². The molecule has 2 rings (SSSR count). The third kappa shape index (κ3) is 4.88. The van der Waals surface area contributed by atoms with Crippen molar-refractivity contribution in [3.8, 4) is 0 Å². The van der Waals surface area contributed by atoms with Gasteiger partial charge in [0.25, 0.3) is 0 Å². The number of nitrogens with zero attached hydrogens (tertiary/aromatic N) is 2. The molecule has 120 valence electrons. The van der Waals surface area contributed by atoms with Gasteiger partial charge in [-0.15, -0.1) is 0 Å². The van der Waals surface area contributed by atoms with Crippen LogP contribution in [0, 0.1) is 6.92 Å². The van der Waals surface area contributed by atoms with Crippen molar-refractivity contribution < 1.29 is 4.74 Å². The fourth-order valence-corrected chi connectivity index (χ4v) is 2.63. The van der Waals surface area contributed by atoms with Gasteiger partial charge in [0.05, 0.1) is 13.2 Å². The zero-order valence-corrected chi connectivity index (χ0v) is 13.9. The molecule has 1 aliphatic rings. The van der Waals surface area contributed by atoms with E-state index >= 15 is 0 Å². The molecule has 4 heteroatoms. The highest BCUT2D eigenvalue weighted by molar-refractivity contribution is 5.79. The van der Waals surface area contributed by atoms with Crippen LogP contribution < -0.4 is 5.32 Å². The minimum atomic E-state index is 0.761. The van der Waals surface area contributed by atoms with Crippen LogP contribution in [0.15, 0.2) is 40.9 Å². The topological polar surface area (TPSA) is 36.9 Å². The molecule has 1 aromatic carbocycles. The standard InChI is InChI=1S/C18H27N3O/c1-15-6-4-5-7-17(15)14-21(3)18(19-2)20-11-8-16-9-12-22-13-10-16/h4-7,9H,8,10-14H2,1-3H3,(H,19,20). The van der Waals surface area contributed by atoms with Crippen molar-refractivity contribution in [2.45, 2.75) is 26.3 Å². The molecule has 0 bridgehead atoms. The van der Waals surface area contributed by atoms with E-state index in [9.17, 15) is 0 Å². The second-order valence-electron chi connectivity index (χ2n) is 5.69. The first-order valence-electron chi connectivity index (χ1n) is 7.92. The molecule has 0 aliphatic carbocycles. The van der Waals surface area contributed by atoms with E-state index in [1.165, 1.54) is 16.7 Å². The lowest BCUT2D eigenvalue weighted by Gasteiger charge is -2.23. The first-order valence-corrected chi connectivity index (χ1v) is 7.92. The second-order valence-corrected chi connectivity index (χ2v) is 5.69. The maximum Gasteiger partial charge on any atom is 0.193 e. The Morgan fingerprint density at radius 2 is 2.18 bits per heavy atom. The Morgan fingerprint density at radius 1 is 1.36 bits per heavy atom. The Hall–Kier alpha value is -1.81. The fraction of sp³-hybridized carbons (Fsp3) is 0.500. The predicted octanol–water partition coefficient (Wildman–Crippen LogP) is 2.74. The quantitative estimate of drug-likeness (QED) is 0.516. The lowest BCUT2D eigenvalue weighted by atomic mass is 10.1. The van der Waals surface area contributed by atoms with E-state index in [0.717, 1.165) is 45.1 Å². The Balaban J connectivity index is 1.83. The summed E-state index contributed by atoms with van der Waals surface area (Å²) < 4.78 is 5.34. The molecule has 4 nitrogen and oxygen atoms in total. The molecule has 0 radical (unpaired) electrons. The van der Waals surface area contributed by atoms with Gasteiger partial charge in [-0.25, -0.2) is 0 Å². The van der Waals surface area contributed by atoms with Crippen LogP contribution >= 0.6 is 0 Å². The van der Waals surface area contributed by atoms with Gasteiger partial charge in [-0.3, -0.25) is 4.99 Å². The van der Waals surface area contributed by atoms with Crippen LogP contribution in [0.3, 0.4) is 0 Å². The van der Waals surface area contributed by atoms with Crippen LogP contribution in [0.25, 0.3) is 0 Å². The van der Waals surface area contributed by atoms with Crippen LogP contribution in [0.2, 0.25) is 0 Å². The molecule has 0 fully saturated rings. The van der Waals surface area contributed by atoms with Crippen molar-refractivity contribution in [2.75, 3.05) is 33.9 Å². The van der Waals surface area contributed by atoms with Gasteiger partial charge in [-0.05, 0) is 30.9 Å². The summed E-state index contributed by atoms with van der Waals surface area (Å²) in [6.07, 6.45) is 4.31. The Bertz CT molecular complexity index is 537. The minimum absolute atomic E-state index is 0.761. The third-order valence-electron chi connectivity index (χ3n) is 4.03. The highest BCUT2D eigenvalue weighted by Gasteiger charge is 2.09. The van der Waals surface area contributed by atoms with Gasteiger partial charge in [0.2, 0.25) is 0 Å². The van der Waals surface area contributed by atoms with Crippen molar-refractivity contribution in [1.29, 1.82) is 0 Å². The number of ether oxygens (including phenoxy) is 1. The number of aliphatic imine (C=N–C) groups is 1. The summed E-state index contributed by atoms with van der Waals surface area (Å²) in [6.45, 7) is 5.54. The summed E-state index contributed by atoms with van der Waals surface area (Å²) in [6, 6.07) is 8.49. The van der Waals surface area contributed by atoms with Crippen molar-refractivity contribution in [2.24, 2.45) is 4.99 Å². The molecule has 0 spiro atoms. The Morgan fingerprint density at radius 3 is 2.86 bits per heavy atom. The molecule has 1 aliphatic heterocycles. The monoisotopic (exact) mass is 301 g/mol. The van der Waals surface area contributed by atoms with E-state index in [-0.39, 0.29) is 0 Å². The molecule has 0 unspecified atom stereocenters. The molecule has 22 heavy (non-hydrogen) atoms. The summed E-state index contributed by atoms with van der Waals surface area (Å²) in [7, 11) is 3.92. The molecule has 0 saturated carbocycles. The summed E-state index contributed by atoms with van der Waals surface area (Å²) >= 11 is 0. The van der Waals surface area contributed by atoms with E-state index in [1.54, 1.807) is 0 Å². The molecule has 1 N–H and O–H groups in total. The molecule has 0 aromatic heterocycles. The average molecular weight is 301 g/mol. The normalized spacial score (nSPS) is 15.4. The van der Waals surface area contributed by atoms with E-state index in [2.05, 4.69) is 59.5 Å². The van der Waals surface area contributed by atoms with Gasteiger partial charge in [0, 0.05) is 27.2 Å². The minimum Gasteiger partial charge on any atom is -0.377 e. The molecule has 1 aromatic rings. The van der Waals surface area contributed by atoms with E-state index in [4.69, 9.17) is 4.74 Å². The van der Waals surface area contributed by atoms with E-state index in [1.807, 2.05) is 7.05 Å². The van der Waals surface area contributed by atoms with Crippen LogP contribution in [0.1, 0.15) is 24.0 Å². The van der Waals surface area contributed by atoms with Crippen molar-refractivity contribution in [3.05, 3.63) is 47.0 Å². The van der Waals surface area contributed by atoms with Crippen LogP contribution in [-0.4, -0.2) is 44.7 Å². The van der Waals surface area contributed by atoms with Gasteiger partial charge in [0.1, 0.15) is 0 Å². The Labute approximate surface area is 133 Å². The zero-order valence-electron chi connectivity index (χ0n) is 13.9. The van der Waals surface area contributed by atoms with Crippen molar-refractivity contribution >= 4 is 5.96 Å². The lowest BCUT2D eigenvalue weighted by molar-refractivity contribution is 0.153. The molecule has 0 saturated heterocycles. The molecule has 0 atom stereocenters. The largest absolute Gasteiger partial charge is 0.377 e. The van der Waals surface area contributed by atoms with Gasteiger partial charge in [0.15, 0.2) is 5.96 Å². The maximum absolute atomic E-state index is 5.34. The van der Waals surface area contributed by atoms with Gasteiger partial charge in [-0.2, -0.15) is 0 Å². The number of nitrogens with one attached hydrogen (secondary N) is 1. The smallest absolute Gasteiger partial charge is 0.193 e. The first kappa shape index (κ1) is 16.6. The highest BCUT2D eigenvalue weighted by Crippen LogP contribution is 2.11. The second kappa shape index (κ2) is 8.59. The zero-order chi connectivity index (χ0) is 15.8. The van der Waals surface area contributed by atoms with E-state index in [0.29, 0.717) is 0 Å². The van der Waals surface area contributed by atoms with Crippen molar-refractivity contribution in [1.82, 2.24) is 10.2 Å². The summed E-state index contributed by atoms with van der Waals surface area (Å²) in [4.78, 5) is 6.55. The Kier molecular flexibility index (Phi) is 6.46. The van der Waals surface area contributed by atoms with Gasteiger partial charge >= 0.3 is 0 Å². The lowest BCUT2D eigenvalue weighted by Crippen LogP contribution is -2.39. The van der Waals surface area contributed by atoms with Crippen LogP contribution in [0.4, 0.5) is 0 Å². The predicted molar refractivity (Wildman–Crippen MR) is 92.1 cm³/mol. The molecular weight excluding hydrogens is 274 g/mol. The summed E-state index contributed by atoms with van der Waals surface area (Å²) in [5.41, 5.74) is 4.13. The third-order valence-corrected chi connectivity index (χ3v) is 4.03. The summed E-state index contributed by atoms with van der Waals surface area (Å²) in [5.74, 6) is 0.941. The number of guanidine groups is 1. The van der Waals surface area contributed by atoms with Gasteiger partial charge in [-0.1, -0.05) is 35.9 Å². The van der Waals surface area contributed by atoms with Crippen molar-refractivity contribution in [3.63, 3.8) is 0 Å². The molecular formula is C18H27N3O. The number of hydrogen-bond donors (Lipinski definition) is 1. The van der Waals surface area contributed by atoms with Crippen LogP contribution in [0.5, 0.6) is 0 Å². The summed E-state index contributed by atoms with van der Waals surface area (Å²) in [5, 5.41) is 3.45. The molecule has 1 heterocycles. The van der Waals surface area contributed by atoms with E-state index < -0.39 is 0 Å².